The van der Waals surface area contributed by atoms with Crippen molar-refractivity contribution in [1.29, 1.82) is 0 Å². The summed E-state index contributed by atoms with van der Waals surface area (Å²) in [5.41, 5.74) is 1.10. The lowest BCUT2D eigenvalue weighted by atomic mass is 10.2. The van der Waals surface area contributed by atoms with E-state index >= 15 is 0 Å². The monoisotopic (exact) mass is 499 g/mol. The molecule has 2 aromatic carbocycles. The van der Waals surface area contributed by atoms with Crippen molar-refractivity contribution in [2.45, 2.75) is 45.5 Å². The Morgan fingerprint density at radius 1 is 1.17 bits per heavy atom. The predicted molar refractivity (Wildman–Crippen MR) is 134 cm³/mol. The van der Waals surface area contributed by atoms with E-state index in [1.165, 1.54) is 36.6 Å². The van der Waals surface area contributed by atoms with Crippen LogP contribution in [-0.4, -0.2) is 38.5 Å². The number of ether oxygens (including phenoxy) is 2. The van der Waals surface area contributed by atoms with Gasteiger partial charge in [0.25, 0.3) is 5.69 Å². The number of amides is 1. The molecule has 1 N–H and O–H groups in total. The highest BCUT2D eigenvalue weighted by molar-refractivity contribution is 7.99. The fourth-order valence-corrected chi connectivity index (χ4v) is 4.03. The van der Waals surface area contributed by atoms with Gasteiger partial charge in [0.1, 0.15) is 23.8 Å². The number of carbonyl (C=O) groups excluding carboxylic acids is 1. The van der Waals surface area contributed by atoms with E-state index in [2.05, 4.69) is 36.3 Å². The van der Waals surface area contributed by atoms with E-state index in [1.807, 2.05) is 28.8 Å². The first kappa shape index (κ1) is 26.0. The third-order valence-corrected chi connectivity index (χ3v) is 6.02. The van der Waals surface area contributed by atoms with Gasteiger partial charge in [-0.1, -0.05) is 44.7 Å². The van der Waals surface area contributed by atoms with Crippen molar-refractivity contribution in [3.63, 3.8) is 0 Å². The number of nitro benzene ring substituents is 1. The Bertz CT molecular complexity index is 1160. The zero-order valence-corrected chi connectivity index (χ0v) is 21.0. The molecule has 0 aliphatic heterocycles. The highest BCUT2D eigenvalue weighted by Gasteiger charge is 2.19. The first-order chi connectivity index (χ1) is 16.8. The van der Waals surface area contributed by atoms with Crippen LogP contribution in [0, 0.1) is 16.0 Å². The number of aromatic nitrogens is 3. The number of anilines is 1. The topological polar surface area (TPSA) is 121 Å². The minimum atomic E-state index is -0.563. The highest BCUT2D eigenvalue weighted by atomic mass is 32.2. The number of hydrogen-bond donors (Lipinski definition) is 1. The lowest BCUT2D eigenvalue weighted by molar-refractivity contribution is -0.384. The van der Waals surface area contributed by atoms with Crippen molar-refractivity contribution in [1.82, 2.24) is 14.8 Å². The van der Waals surface area contributed by atoms with E-state index in [1.54, 1.807) is 6.07 Å². The molecule has 10 nitrogen and oxygen atoms in total. The number of thioether (sulfide) groups is 1. The number of hydrogen-bond acceptors (Lipinski definition) is 8. The van der Waals surface area contributed by atoms with Crippen LogP contribution in [0.25, 0.3) is 0 Å². The van der Waals surface area contributed by atoms with Gasteiger partial charge in [-0.3, -0.25) is 14.9 Å². The van der Waals surface area contributed by atoms with E-state index in [-0.39, 0.29) is 23.7 Å². The van der Waals surface area contributed by atoms with Gasteiger partial charge in [-0.15, -0.1) is 10.2 Å². The summed E-state index contributed by atoms with van der Waals surface area (Å²) in [6.45, 7) is 7.17. The Morgan fingerprint density at radius 2 is 1.89 bits per heavy atom. The summed E-state index contributed by atoms with van der Waals surface area (Å²) < 4.78 is 12.9. The summed E-state index contributed by atoms with van der Waals surface area (Å²) in [5.74, 6) is 1.68. The number of rotatable bonds is 12. The van der Waals surface area contributed by atoms with Crippen molar-refractivity contribution in [3.8, 4) is 11.5 Å². The SMILES string of the molecule is CCc1ccc(OCc2nnc(SCC(=O)Nc3ccc(OC)cc3[N+](=O)[O-])n2CC(C)C)cc1. The number of benzene rings is 2. The summed E-state index contributed by atoms with van der Waals surface area (Å²) >= 11 is 1.21. The number of methoxy groups -OCH3 is 1. The number of carbonyl (C=O) groups is 1. The van der Waals surface area contributed by atoms with Gasteiger partial charge in [0.2, 0.25) is 5.91 Å². The molecule has 3 aromatic rings. The molecular weight excluding hydrogens is 470 g/mol. The first-order valence-corrected chi connectivity index (χ1v) is 12.2. The van der Waals surface area contributed by atoms with Gasteiger partial charge in [-0.05, 0) is 42.2 Å². The lowest BCUT2D eigenvalue weighted by Crippen LogP contribution is -2.16. The Hall–Kier alpha value is -3.60. The maximum absolute atomic E-state index is 12.6. The van der Waals surface area contributed by atoms with Crippen LogP contribution < -0.4 is 14.8 Å². The molecule has 186 valence electrons. The van der Waals surface area contributed by atoms with E-state index in [0.29, 0.717) is 29.2 Å². The Labute approximate surface area is 208 Å². The van der Waals surface area contributed by atoms with Crippen LogP contribution >= 0.6 is 11.8 Å². The van der Waals surface area contributed by atoms with Gasteiger partial charge in [0.15, 0.2) is 11.0 Å². The van der Waals surface area contributed by atoms with Crippen LogP contribution in [0.4, 0.5) is 11.4 Å². The smallest absolute Gasteiger partial charge is 0.296 e. The quantitative estimate of drug-likeness (QED) is 0.216. The number of aryl methyl sites for hydroxylation is 1. The second kappa shape index (κ2) is 12.2. The molecule has 0 bridgehead atoms. The highest BCUT2D eigenvalue weighted by Crippen LogP contribution is 2.29. The van der Waals surface area contributed by atoms with Crippen molar-refractivity contribution in [3.05, 3.63) is 64.0 Å². The van der Waals surface area contributed by atoms with E-state index in [0.717, 1.165) is 12.2 Å². The van der Waals surface area contributed by atoms with Crippen molar-refractivity contribution >= 4 is 29.0 Å². The molecule has 0 saturated heterocycles. The zero-order chi connectivity index (χ0) is 25.4. The summed E-state index contributed by atoms with van der Waals surface area (Å²) in [6.07, 6.45) is 0.961. The van der Waals surface area contributed by atoms with Gasteiger partial charge >= 0.3 is 0 Å². The molecule has 35 heavy (non-hydrogen) atoms. The average molecular weight is 500 g/mol. The fourth-order valence-electron chi connectivity index (χ4n) is 3.26. The number of nitrogens with one attached hydrogen (secondary N) is 1. The molecule has 3 rings (SSSR count). The van der Waals surface area contributed by atoms with Gasteiger partial charge in [-0.25, -0.2) is 0 Å². The molecular formula is C24H29N5O5S. The van der Waals surface area contributed by atoms with Crippen LogP contribution in [-0.2, 0) is 24.4 Å². The van der Waals surface area contributed by atoms with Gasteiger partial charge in [0.05, 0.1) is 23.9 Å². The normalized spacial score (nSPS) is 10.9. The fraction of sp³-hybridized carbons (Fsp3) is 0.375. The van der Waals surface area contributed by atoms with Crippen LogP contribution in [0.15, 0.2) is 47.6 Å². The van der Waals surface area contributed by atoms with Crippen molar-refractivity contribution < 1.29 is 19.2 Å². The molecule has 11 heteroatoms. The molecule has 0 fully saturated rings. The maximum atomic E-state index is 12.6. The largest absolute Gasteiger partial charge is 0.496 e. The summed E-state index contributed by atoms with van der Waals surface area (Å²) in [4.78, 5) is 23.3. The van der Waals surface area contributed by atoms with Crippen molar-refractivity contribution in [2.24, 2.45) is 5.92 Å². The Balaban J connectivity index is 1.66. The number of nitrogens with zero attached hydrogens (tertiary/aromatic N) is 4. The predicted octanol–water partition coefficient (Wildman–Crippen LogP) is 4.72. The summed E-state index contributed by atoms with van der Waals surface area (Å²) in [5, 5.41) is 23.1. The van der Waals surface area contributed by atoms with Crippen LogP contribution in [0.1, 0.15) is 32.2 Å². The first-order valence-electron chi connectivity index (χ1n) is 11.2. The van der Waals surface area contributed by atoms with E-state index in [4.69, 9.17) is 9.47 Å². The second-order valence-electron chi connectivity index (χ2n) is 8.17. The molecule has 0 unspecified atom stereocenters. The maximum Gasteiger partial charge on any atom is 0.296 e. The van der Waals surface area contributed by atoms with Crippen LogP contribution in [0.5, 0.6) is 11.5 Å². The molecule has 1 amide bonds. The standard InChI is InChI=1S/C24H29N5O5S/c1-5-17-6-8-18(9-7-17)34-14-22-26-27-24(28(22)13-16(2)3)35-15-23(30)25-20-11-10-19(33-4)12-21(20)29(31)32/h6-12,16H,5,13-15H2,1-4H3,(H,25,30). The lowest BCUT2D eigenvalue weighted by Gasteiger charge is -2.13. The van der Waals surface area contributed by atoms with Gasteiger partial charge in [0, 0.05) is 6.54 Å². The van der Waals surface area contributed by atoms with Crippen LogP contribution in [0.3, 0.4) is 0 Å². The molecule has 0 radical (unpaired) electrons. The minimum Gasteiger partial charge on any atom is -0.496 e. The Morgan fingerprint density at radius 3 is 2.51 bits per heavy atom. The molecule has 0 aliphatic rings. The molecule has 0 aliphatic carbocycles. The van der Waals surface area contributed by atoms with Crippen LogP contribution in [0.2, 0.25) is 0 Å². The molecule has 1 aromatic heterocycles. The minimum absolute atomic E-state index is 0.0126. The third kappa shape index (κ3) is 7.19. The van der Waals surface area contributed by atoms with E-state index < -0.39 is 10.8 Å². The van der Waals surface area contributed by atoms with E-state index in [9.17, 15) is 14.9 Å². The summed E-state index contributed by atoms with van der Waals surface area (Å²) in [7, 11) is 1.42. The van der Waals surface area contributed by atoms with Crippen molar-refractivity contribution in [2.75, 3.05) is 18.2 Å². The molecule has 0 spiro atoms. The summed E-state index contributed by atoms with van der Waals surface area (Å²) in [6, 6.07) is 12.2. The van der Waals surface area contributed by atoms with Gasteiger partial charge < -0.3 is 19.4 Å². The average Bonchev–Trinajstić information content (AvgIpc) is 3.22. The molecule has 0 atom stereocenters. The van der Waals surface area contributed by atoms with Gasteiger partial charge in [-0.2, -0.15) is 0 Å². The second-order valence-corrected chi connectivity index (χ2v) is 9.11. The third-order valence-electron chi connectivity index (χ3n) is 5.05. The molecule has 0 saturated carbocycles. The molecule has 1 heterocycles. The zero-order valence-electron chi connectivity index (χ0n) is 20.2. The number of nitro groups is 1. The Kier molecular flexibility index (Phi) is 9.07.